The van der Waals surface area contributed by atoms with Gasteiger partial charge in [-0.25, -0.2) is 0 Å². The lowest BCUT2D eigenvalue weighted by atomic mass is 9.97. The van der Waals surface area contributed by atoms with E-state index in [2.05, 4.69) is 10.4 Å². The first-order valence-corrected chi connectivity index (χ1v) is 11.9. The summed E-state index contributed by atoms with van der Waals surface area (Å²) in [5.41, 5.74) is 4.28. The molecule has 1 saturated heterocycles. The third-order valence-corrected chi connectivity index (χ3v) is 6.50. The summed E-state index contributed by atoms with van der Waals surface area (Å²) in [5.74, 6) is -0.539. The first-order valence-electron chi connectivity index (χ1n) is 11.9. The number of hydrogen-bond donors (Lipinski definition) is 1. The Labute approximate surface area is 208 Å². The van der Waals surface area contributed by atoms with E-state index in [1.165, 1.54) is 6.20 Å². The number of amides is 2. The monoisotopic (exact) mass is 498 g/mol. The van der Waals surface area contributed by atoms with E-state index in [9.17, 15) is 22.8 Å². The van der Waals surface area contributed by atoms with Crippen molar-refractivity contribution >= 4 is 11.8 Å². The van der Waals surface area contributed by atoms with Crippen LogP contribution in [-0.2, 0) is 6.54 Å². The highest BCUT2D eigenvalue weighted by molar-refractivity contribution is 6.01. The summed E-state index contributed by atoms with van der Waals surface area (Å²) in [6, 6.07) is 12.3. The van der Waals surface area contributed by atoms with Crippen LogP contribution < -0.4 is 5.32 Å². The number of hydrogen-bond acceptors (Lipinski definition) is 3. The summed E-state index contributed by atoms with van der Waals surface area (Å²) in [5, 5.41) is 6.69. The average molecular weight is 499 g/mol. The fraction of sp³-hybridized carbons (Fsp3) is 0.370. The lowest BCUT2D eigenvalue weighted by molar-refractivity contribution is -0.142. The van der Waals surface area contributed by atoms with E-state index in [0.29, 0.717) is 35.5 Å². The number of nitrogens with zero attached hydrogens (tertiary/aromatic N) is 3. The molecule has 1 atom stereocenters. The number of carbonyl (C=O) groups excluding carboxylic acids is 2. The van der Waals surface area contributed by atoms with Crippen LogP contribution in [-0.4, -0.2) is 45.8 Å². The standard InChI is InChI=1S/C27H29F3N4O2/c1-17-6-8-20(9-7-17)21-12-22(14-23(13-21)26(36)33-10-4-5-11-33)25(35)32-18(2)24-15-31-34(19(24)3)16-27(28,29)30/h6-9,12-15,18H,4-5,10-11,16H2,1-3H3,(H,32,35)/t18-/m1/s1. The maximum atomic E-state index is 13.3. The summed E-state index contributed by atoms with van der Waals surface area (Å²) >= 11 is 0. The Morgan fingerprint density at radius 2 is 1.64 bits per heavy atom. The van der Waals surface area contributed by atoms with Crippen LogP contribution in [0.1, 0.15) is 63.3 Å². The van der Waals surface area contributed by atoms with Gasteiger partial charge in [0.1, 0.15) is 6.54 Å². The van der Waals surface area contributed by atoms with Gasteiger partial charge in [0.15, 0.2) is 0 Å². The summed E-state index contributed by atoms with van der Waals surface area (Å²) in [7, 11) is 0. The van der Waals surface area contributed by atoms with Gasteiger partial charge in [0.2, 0.25) is 0 Å². The van der Waals surface area contributed by atoms with Crippen molar-refractivity contribution in [2.75, 3.05) is 13.1 Å². The molecule has 0 unspecified atom stereocenters. The van der Waals surface area contributed by atoms with E-state index in [0.717, 1.165) is 34.2 Å². The number of aryl methyl sites for hydroxylation is 1. The molecule has 1 aliphatic rings. The second-order valence-electron chi connectivity index (χ2n) is 9.32. The minimum absolute atomic E-state index is 0.118. The number of halogens is 3. The maximum Gasteiger partial charge on any atom is 0.408 e. The van der Waals surface area contributed by atoms with Gasteiger partial charge in [0.25, 0.3) is 11.8 Å². The Bertz CT molecular complexity index is 1260. The molecule has 36 heavy (non-hydrogen) atoms. The topological polar surface area (TPSA) is 67.2 Å². The molecule has 190 valence electrons. The molecule has 2 amide bonds. The van der Waals surface area contributed by atoms with Crippen molar-refractivity contribution in [1.29, 1.82) is 0 Å². The van der Waals surface area contributed by atoms with Gasteiger partial charge >= 0.3 is 6.18 Å². The molecule has 0 bridgehead atoms. The molecular weight excluding hydrogens is 469 g/mol. The van der Waals surface area contributed by atoms with Crippen LogP contribution in [0.4, 0.5) is 13.2 Å². The lowest BCUT2D eigenvalue weighted by Crippen LogP contribution is -2.29. The molecule has 9 heteroatoms. The highest BCUT2D eigenvalue weighted by atomic mass is 19.4. The van der Waals surface area contributed by atoms with Crippen LogP contribution >= 0.6 is 0 Å². The molecule has 2 heterocycles. The van der Waals surface area contributed by atoms with Crippen LogP contribution in [0.3, 0.4) is 0 Å². The molecule has 6 nitrogen and oxygen atoms in total. The van der Waals surface area contributed by atoms with Gasteiger partial charge in [-0.15, -0.1) is 0 Å². The van der Waals surface area contributed by atoms with Crippen molar-refractivity contribution in [1.82, 2.24) is 20.0 Å². The van der Waals surface area contributed by atoms with Crippen molar-refractivity contribution in [2.45, 2.75) is 52.4 Å². The average Bonchev–Trinajstić information content (AvgIpc) is 3.48. The predicted octanol–water partition coefficient (Wildman–Crippen LogP) is 5.46. The van der Waals surface area contributed by atoms with Crippen molar-refractivity contribution in [3.8, 4) is 11.1 Å². The Kier molecular flexibility index (Phi) is 7.19. The Morgan fingerprint density at radius 1 is 1.00 bits per heavy atom. The molecule has 1 aromatic heterocycles. The van der Waals surface area contributed by atoms with E-state index in [4.69, 9.17) is 0 Å². The Morgan fingerprint density at radius 3 is 2.28 bits per heavy atom. The van der Waals surface area contributed by atoms with Gasteiger partial charge in [-0.3, -0.25) is 14.3 Å². The zero-order valence-corrected chi connectivity index (χ0v) is 20.5. The van der Waals surface area contributed by atoms with Crippen molar-refractivity contribution in [3.63, 3.8) is 0 Å². The van der Waals surface area contributed by atoms with Crippen LogP contribution in [0, 0.1) is 13.8 Å². The first-order chi connectivity index (χ1) is 17.0. The number of benzene rings is 2. The predicted molar refractivity (Wildman–Crippen MR) is 131 cm³/mol. The summed E-state index contributed by atoms with van der Waals surface area (Å²) in [6.07, 6.45) is -1.14. The zero-order chi connectivity index (χ0) is 26.0. The lowest BCUT2D eigenvalue weighted by Gasteiger charge is -2.18. The fourth-order valence-electron chi connectivity index (χ4n) is 4.47. The van der Waals surface area contributed by atoms with Gasteiger partial charge in [-0.1, -0.05) is 29.8 Å². The number of nitrogens with one attached hydrogen (secondary N) is 1. The van der Waals surface area contributed by atoms with Crippen molar-refractivity contribution in [2.24, 2.45) is 0 Å². The van der Waals surface area contributed by atoms with E-state index in [-0.39, 0.29) is 5.91 Å². The fourth-order valence-corrected chi connectivity index (χ4v) is 4.47. The van der Waals surface area contributed by atoms with Crippen LogP contribution in [0.2, 0.25) is 0 Å². The molecule has 0 spiro atoms. The minimum atomic E-state index is -4.39. The number of alkyl halides is 3. The van der Waals surface area contributed by atoms with Crippen molar-refractivity contribution < 1.29 is 22.8 Å². The molecular formula is C27H29F3N4O2. The molecule has 2 aromatic carbocycles. The molecule has 4 rings (SSSR count). The van der Waals surface area contributed by atoms with Crippen molar-refractivity contribution in [3.05, 3.63) is 76.6 Å². The SMILES string of the molecule is Cc1ccc(-c2cc(C(=O)N[C@H](C)c3cnn(CC(F)(F)F)c3C)cc(C(=O)N3CCCC3)c2)cc1. The quantitative estimate of drug-likeness (QED) is 0.491. The normalized spacial score (nSPS) is 14.7. The van der Waals surface area contributed by atoms with Crippen LogP contribution in [0.15, 0.2) is 48.7 Å². The Balaban J connectivity index is 1.62. The van der Waals surface area contributed by atoms with E-state index >= 15 is 0 Å². The molecule has 0 aliphatic carbocycles. The van der Waals surface area contributed by atoms with E-state index in [1.807, 2.05) is 31.2 Å². The highest BCUT2D eigenvalue weighted by Gasteiger charge is 2.30. The van der Waals surface area contributed by atoms with E-state index < -0.39 is 24.7 Å². The maximum absolute atomic E-state index is 13.3. The van der Waals surface area contributed by atoms with Gasteiger partial charge in [-0.05, 0) is 62.9 Å². The van der Waals surface area contributed by atoms with Crippen LogP contribution in [0.25, 0.3) is 11.1 Å². The van der Waals surface area contributed by atoms with Gasteiger partial charge in [0, 0.05) is 35.5 Å². The summed E-state index contributed by atoms with van der Waals surface area (Å²) in [6.45, 7) is 5.40. The first kappa shape index (κ1) is 25.5. The third-order valence-electron chi connectivity index (χ3n) is 6.50. The Hall–Kier alpha value is -3.62. The number of carbonyl (C=O) groups is 2. The van der Waals surface area contributed by atoms with Gasteiger partial charge < -0.3 is 10.2 Å². The molecule has 0 saturated carbocycles. The molecule has 1 aliphatic heterocycles. The smallest absolute Gasteiger partial charge is 0.345 e. The van der Waals surface area contributed by atoms with Crippen LogP contribution in [0.5, 0.6) is 0 Å². The molecule has 3 aromatic rings. The highest BCUT2D eigenvalue weighted by Crippen LogP contribution is 2.26. The number of likely N-dealkylation sites (tertiary alicyclic amines) is 1. The summed E-state index contributed by atoms with van der Waals surface area (Å²) < 4.78 is 39.3. The van der Waals surface area contributed by atoms with E-state index in [1.54, 1.807) is 36.9 Å². The largest absolute Gasteiger partial charge is 0.408 e. The van der Waals surface area contributed by atoms with Gasteiger partial charge in [0.05, 0.1) is 12.2 Å². The van der Waals surface area contributed by atoms with Gasteiger partial charge in [-0.2, -0.15) is 18.3 Å². The molecule has 1 fully saturated rings. The minimum Gasteiger partial charge on any atom is -0.345 e. The second kappa shape index (κ2) is 10.2. The molecule has 1 N–H and O–H groups in total. The second-order valence-corrected chi connectivity index (χ2v) is 9.32. The molecule has 0 radical (unpaired) electrons. The number of aromatic nitrogens is 2. The zero-order valence-electron chi connectivity index (χ0n) is 20.5. The third kappa shape index (κ3) is 5.78. The summed E-state index contributed by atoms with van der Waals surface area (Å²) in [4.78, 5) is 28.2. The number of rotatable bonds is 6.